The fourth-order valence-corrected chi connectivity index (χ4v) is 1.65. The Labute approximate surface area is 108 Å². The number of benzene rings is 1. The Balaban J connectivity index is 1.97. The van der Waals surface area contributed by atoms with Crippen molar-refractivity contribution in [3.8, 4) is 0 Å². The molecule has 3 N–H and O–H groups in total. The van der Waals surface area contributed by atoms with Crippen molar-refractivity contribution >= 4 is 22.8 Å². The first-order valence-corrected chi connectivity index (χ1v) is 5.70. The number of aromatic amines is 1. The van der Waals surface area contributed by atoms with Crippen molar-refractivity contribution in [1.82, 2.24) is 4.98 Å². The maximum absolute atomic E-state index is 11.0. The minimum atomic E-state index is -0.841. The summed E-state index contributed by atoms with van der Waals surface area (Å²) in [6.45, 7) is 0.197. The standard InChI is InChI=1S/C12H14N2O5/c1-18-11(16)5-8(15)6-13-7-2-3-10-9(4-7)14-12(17)19-10/h2-4,8,13,15H,5-6H2,1H3,(H,14,17). The molecule has 0 aliphatic carbocycles. The number of fused-ring (bicyclic) bond motifs is 1. The summed E-state index contributed by atoms with van der Waals surface area (Å²) < 4.78 is 9.32. The minimum Gasteiger partial charge on any atom is -0.469 e. The molecule has 0 aliphatic heterocycles. The molecule has 0 saturated carbocycles. The van der Waals surface area contributed by atoms with E-state index in [1.807, 2.05) is 0 Å². The zero-order chi connectivity index (χ0) is 13.8. The molecule has 1 unspecified atom stereocenters. The van der Waals surface area contributed by atoms with Gasteiger partial charge in [-0.25, -0.2) is 4.79 Å². The fraction of sp³-hybridized carbons (Fsp3) is 0.333. The van der Waals surface area contributed by atoms with Crippen LogP contribution < -0.4 is 11.1 Å². The molecule has 102 valence electrons. The predicted molar refractivity (Wildman–Crippen MR) is 68.0 cm³/mol. The maximum atomic E-state index is 11.0. The highest BCUT2D eigenvalue weighted by Gasteiger charge is 2.11. The second-order valence-electron chi connectivity index (χ2n) is 4.04. The van der Waals surface area contributed by atoms with Gasteiger partial charge in [-0.15, -0.1) is 0 Å². The summed E-state index contributed by atoms with van der Waals surface area (Å²) in [4.78, 5) is 24.5. The molecule has 7 heteroatoms. The van der Waals surface area contributed by atoms with Crippen LogP contribution in [0.3, 0.4) is 0 Å². The number of methoxy groups -OCH3 is 1. The molecule has 0 radical (unpaired) electrons. The Morgan fingerprint density at radius 2 is 2.37 bits per heavy atom. The van der Waals surface area contributed by atoms with Crippen molar-refractivity contribution in [3.05, 3.63) is 28.7 Å². The quantitative estimate of drug-likeness (QED) is 0.679. The Morgan fingerprint density at radius 3 is 3.11 bits per heavy atom. The van der Waals surface area contributed by atoms with Crippen LogP contribution in [-0.4, -0.2) is 35.8 Å². The largest absolute Gasteiger partial charge is 0.469 e. The van der Waals surface area contributed by atoms with Crippen LogP contribution >= 0.6 is 0 Å². The molecule has 2 rings (SSSR count). The number of anilines is 1. The number of H-pyrrole nitrogens is 1. The van der Waals surface area contributed by atoms with Crippen molar-refractivity contribution in [3.63, 3.8) is 0 Å². The van der Waals surface area contributed by atoms with Gasteiger partial charge >= 0.3 is 11.7 Å². The average Bonchev–Trinajstić information content (AvgIpc) is 2.75. The van der Waals surface area contributed by atoms with Gasteiger partial charge in [0.25, 0.3) is 0 Å². The molecule has 1 aromatic carbocycles. The topological polar surface area (TPSA) is 105 Å². The van der Waals surface area contributed by atoms with Crippen molar-refractivity contribution in [2.45, 2.75) is 12.5 Å². The van der Waals surface area contributed by atoms with Crippen LogP contribution in [0.1, 0.15) is 6.42 Å². The third-order valence-electron chi connectivity index (χ3n) is 2.59. The van der Waals surface area contributed by atoms with Gasteiger partial charge in [0.2, 0.25) is 0 Å². The van der Waals surface area contributed by atoms with Gasteiger partial charge in [0.05, 0.1) is 25.2 Å². The lowest BCUT2D eigenvalue weighted by atomic mass is 10.2. The van der Waals surface area contributed by atoms with E-state index in [0.29, 0.717) is 16.8 Å². The summed E-state index contributed by atoms with van der Waals surface area (Å²) in [7, 11) is 1.27. The molecule has 19 heavy (non-hydrogen) atoms. The number of carbonyl (C=O) groups is 1. The monoisotopic (exact) mass is 266 g/mol. The number of rotatable bonds is 5. The van der Waals surface area contributed by atoms with Crippen molar-refractivity contribution in [2.24, 2.45) is 0 Å². The molecule has 0 bridgehead atoms. The van der Waals surface area contributed by atoms with Crippen molar-refractivity contribution in [2.75, 3.05) is 19.0 Å². The van der Waals surface area contributed by atoms with E-state index in [1.54, 1.807) is 18.2 Å². The summed E-state index contributed by atoms with van der Waals surface area (Å²) in [5.74, 6) is -0.984. The molecule has 0 saturated heterocycles. The van der Waals surface area contributed by atoms with Gasteiger partial charge in [0, 0.05) is 12.2 Å². The first kappa shape index (κ1) is 13.2. The maximum Gasteiger partial charge on any atom is 0.417 e. The Bertz CT molecular complexity index is 630. The van der Waals surface area contributed by atoms with E-state index >= 15 is 0 Å². The smallest absolute Gasteiger partial charge is 0.417 e. The zero-order valence-corrected chi connectivity index (χ0v) is 10.3. The molecule has 0 fully saturated rings. The second kappa shape index (κ2) is 5.57. The van der Waals surface area contributed by atoms with E-state index < -0.39 is 17.8 Å². The third-order valence-corrected chi connectivity index (χ3v) is 2.59. The first-order valence-electron chi connectivity index (χ1n) is 5.70. The summed E-state index contributed by atoms with van der Waals surface area (Å²) in [6.07, 6.45) is -0.916. The van der Waals surface area contributed by atoms with Gasteiger partial charge in [-0.05, 0) is 18.2 Å². The van der Waals surface area contributed by atoms with E-state index in [4.69, 9.17) is 4.42 Å². The van der Waals surface area contributed by atoms with Crippen LogP contribution in [0, 0.1) is 0 Å². The van der Waals surface area contributed by atoms with Gasteiger partial charge in [0.1, 0.15) is 0 Å². The molecule has 7 nitrogen and oxygen atoms in total. The molecule has 2 aromatic rings. The van der Waals surface area contributed by atoms with Gasteiger partial charge in [-0.1, -0.05) is 0 Å². The van der Waals surface area contributed by atoms with Crippen LogP contribution in [0.4, 0.5) is 5.69 Å². The number of aliphatic hydroxyl groups excluding tert-OH is 1. The van der Waals surface area contributed by atoms with Crippen LogP contribution in [0.2, 0.25) is 0 Å². The normalized spacial score (nSPS) is 12.3. The lowest BCUT2D eigenvalue weighted by Gasteiger charge is -2.11. The summed E-state index contributed by atoms with van der Waals surface area (Å²) in [5, 5.41) is 12.5. The highest BCUT2D eigenvalue weighted by atomic mass is 16.5. The van der Waals surface area contributed by atoms with Crippen molar-refractivity contribution in [1.29, 1.82) is 0 Å². The number of hydrogen-bond donors (Lipinski definition) is 3. The number of esters is 1. The summed E-state index contributed by atoms with van der Waals surface area (Å²) >= 11 is 0. The molecule has 1 atom stereocenters. The van der Waals surface area contributed by atoms with Crippen molar-refractivity contribution < 1.29 is 19.1 Å². The van der Waals surface area contributed by atoms with Gasteiger partial charge in [-0.3, -0.25) is 9.78 Å². The van der Waals surface area contributed by atoms with Gasteiger partial charge < -0.3 is 19.6 Å². The lowest BCUT2D eigenvalue weighted by molar-refractivity contribution is -0.142. The highest BCUT2D eigenvalue weighted by molar-refractivity contribution is 5.76. The summed E-state index contributed by atoms with van der Waals surface area (Å²) in [6, 6.07) is 5.04. The van der Waals surface area contributed by atoms with E-state index in [9.17, 15) is 14.7 Å². The van der Waals surface area contributed by atoms with Crippen LogP contribution in [0.15, 0.2) is 27.4 Å². The lowest BCUT2D eigenvalue weighted by Crippen LogP contribution is -2.23. The van der Waals surface area contributed by atoms with Gasteiger partial charge in [-0.2, -0.15) is 0 Å². The first-order chi connectivity index (χ1) is 9.08. The Kier molecular flexibility index (Phi) is 3.86. The molecular formula is C12H14N2O5. The number of aliphatic hydroxyl groups is 1. The number of carbonyl (C=O) groups excluding carboxylic acids is 1. The van der Waals surface area contributed by atoms with Crippen LogP contribution in [0.25, 0.3) is 11.1 Å². The van der Waals surface area contributed by atoms with E-state index in [0.717, 1.165) is 0 Å². The molecular weight excluding hydrogens is 252 g/mol. The Morgan fingerprint density at radius 1 is 1.58 bits per heavy atom. The molecule has 1 heterocycles. The zero-order valence-electron chi connectivity index (χ0n) is 10.3. The number of oxazole rings is 1. The number of nitrogens with one attached hydrogen (secondary N) is 2. The number of hydrogen-bond acceptors (Lipinski definition) is 6. The summed E-state index contributed by atoms with van der Waals surface area (Å²) in [5.41, 5.74) is 1.73. The average molecular weight is 266 g/mol. The molecule has 0 amide bonds. The van der Waals surface area contributed by atoms with Crippen LogP contribution in [0.5, 0.6) is 0 Å². The number of aromatic nitrogens is 1. The van der Waals surface area contributed by atoms with Gasteiger partial charge in [0.15, 0.2) is 5.58 Å². The van der Waals surface area contributed by atoms with E-state index in [-0.39, 0.29) is 13.0 Å². The molecule has 0 spiro atoms. The third kappa shape index (κ3) is 3.35. The second-order valence-corrected chi connectivity index (χ2v) is 4.04. The van der Waals surface area contributed by atoms with E-state index in [2.05, 4.69) is 15.0 Å². The highest BCUT2D eigenvalue weighted by Crippen LogP contribution is 2.16. The minimum absolute atomic E-state index is 0.0751. The van der Waals surface area contributed by atoms with Crippen LogP contribution in [-0.2, 0) is 9.53 Å². The fourth-order valence-electron chi connectivity index (χ4n) is 1.65. The number of ether oxygens (including phenoxy) is 1. The molecule has 0 aliphatic rings. The predicted octanol–water partition coefficient (Wildman–Crippen LogP) is 0.457. The molecule has 1 aromatic heterocycles. The Hall–Kier alpha value is -2.28. The SMILES string of the molecule is COC(=O)CC(O)CNc1ccc2oc(=O)[nH]c2c1. The van der Waals surface area contributed by atoms with E-state index in [1.165, 1.54) is 7.11 Å².